The van der Waals surface area contributed by atoms with Gasteiger partial charge in [-0.25, -0.2) is 0 Å². The molecule has 0 aliphatic heterocycles. The van der Waals surface area contributed by atoms with Crippen molar-refractivity contribution in [3.63, 3.8) is 0 Å². The van der Waals surface area contributed by atoms with Crippen LogP contribution < -0.4 is 0 Å². The van der Waals surface area contributed by atoms with E-state index >= 15 is 0 Å². The van der Waals surface area contributed by atoms with Crippen molar-refractivity contribution in [2.75, 3.05) is 7.11 Å². The zero-order valence-corrected chi connectivity index (χ0v) is 7.44. The van der Waals surface area contributed by atoms with Gasteiger partial charge in [-0.15, -0.1) is 5.92 Å². The Morgan fingerprint density at radius 2 is 1.82 bits per heavy atom. The maximum atomic E-state index is 5.45. The summed E-state index contributed by atoms with van der Waals surface area (Å²) in [6.07, 6.45) is 6.11. The van der Waals surface area contributed by atoms with E-state index in [0.29, 0.717) is 0 Å². The van der Waals surface area contributed by atoms with Gasteiger partial charge >= 0.3 is 0 Å². The first-order chi connectivity index (χ1) is 5.33. The Balaban J connectivity index is 2.62. The van der Waals surface area contributed by atoms with Gasteiger partial charge in [0.1, 0.15) is 5.60 Å². The van der Waals surface area contributed by atoms with Gasteiger partial charge < -0.3 is 4.74 Å². The molecular formula is C10H16O. The molecule has 1 heteroatoms. The van der Waals surface area contributed by atoms with Crippen molar-refractivity contribution < 1.29 is 4.74 Å². The molecular weight excluding hydrogens is 136 g/mol. The zero-order chi connectivity index (χ0) is 8.16. The minimum absolute atomic E-state index is 0.0903. The average Bonchev–Trinajstić information content (AvgIpc) is 2.07. The van der Waals surface area contributed by atoms with Crippen LogP contribution in [0.3, 0.4) is 0 Å². The van der Waals surface area contributed by atoms with Gasteiger partial charge in [-0.2, -0.15) is 0 Å². The molecule has 0 bridgehead atoms. The van der Waals surface area contributed by atoms with E-state index in [-0.39, 0.29) is 5.60 Å². The molecule has 1 aliphatic rings. The molecule has 0 heterocycles. The molecule has 11 heavy (non-hydrogen) atoms. The molecule has 1 rings (SSSR count). The minimum Gasteiger partial charge on any atom is -0.366 e. The Kier molecular flexibility index (Phi) is 2.96. The van der Waals surface area contributed by atoms with Crippen molar-refractivity contribution in [2.45, 2.75) is 44.6 Å². The summed E-state index contributed by atoms with van der Waals surface area (Å²) in [5.41, 5.74) is -0.0903. The number of ether oxygens (including phenoxy) is 1. The van der Waals surface area contributed by atoms with E-state index in [4.69, 9.17) is 4.74 Å². The largest absolute Gasteiger partial charge is 0.366 e. The number of hydrogen-bond acceptors (Lipinski definition) is 1. The van der Waals surface area contributed by atoms with Crippen LogP contribution in [0.4, 0.5) is 0 Å². The lowest BCUT2D eigenvalue weighted by atomic mass is 9.85. The summed E-state index contributed by atoms with van der Waals surface area (Å²) >= 11 is 0. The summed E-state index contributed by atoms with van der Waals surface area (Å²) in [7, 11) is 1.77. The molecule has 0 spiro atoms. The van der Waals surface area contributed by atoms with Crippen LogP contribution in [0.15, 0.2) is 0 Å². The molecule has 0 atom stereocenters. The summed E-state index contributed by atoms with van der Waals surface area (Å²) in [4.78, 5) is 0. The summed E-state index contributed by atoms with van der Waals surface area (Å²) < 4.78 is 5.45. The van der Waals surface area contributed by atoms with Gasteiger partial charge in [0.25, 0.3) is 0 Å². The SMILES string of the molecule is CC#CC1(OC)CCCCC1. The lowest BCUT2D eigenvalue weighted by Crippen LogP contribution is -2.31. The molecule has 0 aromatic carbocycles. The highest BCUT2D eigenvalue weighted by atomic mass is 16.5. The monoisotopic (exact) mass is 152 g/mol. The van der Waals surface area contributed by atoms with Crippen molar-refractivity contribution in [3.05, 3.63) is 0 Å². The second-order valence-electron chi connectivity index (χ2n) is 3.13. The quantitative estimate of drug-likeness (QED) is 0.524. The molecule has 0 amide bonds. The Bertz CT molecular complexity index is 167. The van der Waals surface area contributed by atoms with E-state index in [0.717, 1.165) is 12.8 Å². The molecule has 1 nitrogen and oxygen atoms in total. The van der Waals surface area contributed by atoms with Crippen LogP contribution in [0.5, 0.6) is 0 Å². The van der Waals surface area contributed by atoms with Crippen molar-refractivity contribution in [1.29, 1.82) is 0 Å². The fourth-order valence-corrected chi connectivity index (χ4v) is 1.73. The molecule has 1 fully saturated rings. The summed E-state index contributed by atoms with van der Waals surface area (Å²) in [6, 6.07) is 0. The van der Waals surface area contributed by atoms with Crippen LogP contribution in [-0.2, 0) is 4.74 Å². The Hall–Kier alpha value is -0.480. The molecule has 0 unspecified atom stereocenters. The molecule has 0 N–H and O–H groups in total. The molecule has 0 aromatic rings. The van der Waals surface area contributed by atoms with Crippen LogP contribution in [0.2, 0.25) is 0 Å². The fourth-order valence-electron chi connectivity index (χ4n) is 1.73. The van der Waals surface area contributed by atoms with E-state index in [1.807, 2.05) is 6.92 Å². The van der Waals surface area contributed by atoms with Gasteiger partial charge in [0, 0.05) is 7.11 Å². The molecule has 0 saturated heterocycles. The second-order valence-corrected chi connectivity index (χ2v) is 3.13. The van der Waals surface area contributed by atoms with Gasteiger partial charge in [-0.3, -0.25) is 0 Å². The van der Waals surface area contributed by atoms with Crippen LogP contribution >= 0.6 is 0 Å². The normalized spacial score (nSPS) is 22.0. The third-order valence-electron chi connectivity index (χ3n) is 2.40. The lowest BCUT2D eigenvalue weighted by Gasteiger charge is -2.30. The predicted octanol–water partition coefficient (Wildman–Crippen LogP) is 2.36. The van der Waals surface area contributed by atoms with Crippen molar-refractivity contribution in [3.8, 4) is 11.8 Å². The molecule has 0 aromatic heterocycles. The van der Waals surface area contributed by atoms with E-state index in [1.54, 1.807) is 7.11 Å². The number of hydrogen-bond donors (Lipinski definition) is 0. The summed E-state index contributed by atoms with van der Waals surface area (Å²) in [5, 5.41) is 0. The van der Waals surface area contributed by atoms with Crippen LogP contribution in [0, 0.1) is 11.8 Å². The van der Waals surface area contributed by atoms with Crippen molar-refractivity contribution in [2.24, 2.45) is 0 Å². The van der Waals surface area contributed by atoms with E-state index in [2.05, 4.69) is 11.8 Å². The van der Waals surface area contributed by atoms with Crippen LogP contribution in [0.25, 0.3) is 0 Å². The van der Waals surface area contributed by atoms with Crippen LogP contribution in [0.1, 0.15) is 39.0 Å². The summed E-state index contributed by atoms with van der Waals surface area (Å²) in [6.45, 7) is 1.88. The highest BCUT2D eigenvalue weighted by Crippen LogP contribution is 2.30. The first kappa shape index (κ1) is 8.62. The minimum atomic E-state index is -0.0903. The highest BCUT2D eigenvalue weighted by Gasteiger charge is 2.29. The fraction of sp³-hybridized carbons (Fsp3) is 0.800. The van der Waals surface area contributed by atoms with Gasteiger partial charge in [0.15, 0.2) is 0 Å². The topological polar surface area (TPSA) is 9.23 Å². The smallest absolute Gasteiger partial charge is 0.128 e. The Morgan fingerprint density at radius 3 is 2.27 bits per heavy atom. The lowest BCUT2D eigenvalue weighted by molar-refractivity contribution is 0.0104. The number of methoxy groups -OCH3 is 1. The van der Waals surface area contributed by atoms with Gasteiger partial charge in [-0.05, 0) is 32.6 Å². The van der Waals surface area contributed by atoms with Gasteiger partial charge in [-0.1, -0.05) is 12.3 Å². The molecule has 62 valence electrons. The van der Waals surface area contributed by atoms with E-state index < -0.39 is 0 Å². The zero-order valence-electron chi connectivity index (χ0n) is 7.44. The second kappa shape index (κ2) is 3.78. The van der Waals surface area contributed by atoms with Gasteiger partial charge in [0.2, 0.25) is 0 Å². The first-order valence-corrected chi connectivity index (χ1v) is 4.32. The maximum Gasteiger partial charge on any atom is 0.128 e. The third-order valence-corrected chi connectivity index (χ3v) is 2.40. The Morgan fingerprint density at radius 1 is 1.18 bits per heavy atom. The van der Waals surface area contributed by atoms with E-state index in [1.165, 1.54) is 19.3 Å². The van der Waals surface area contributed by atoms with Crippen molar-refractivity contribution in [1.82, 2.24) is 0 Å². The molecule has 1 saturated carbocycles. The Labute approximate surface area is 69.1 Å². The van der Waals surface area contributed by atoms with Crippen LogP contribution in [-0.4, -0.2) is 12.7 Å². The first-order valence-electron chi connectivity index (χ1n) is 4.32. The predicted molar refractivity (Wildman–Crippen MR) is 46.3 cm³/mol. The molecule has 0 radical (unpaired) electrons. The standard InChI is InChI=1S/C10H16O/c1-3-7-10(11-2)8-5-4-6-9-10/h4-6,8-9H2,1-2H3. The maximum absolute atomic E-state index is 5.45. The van der Waals surface area contributed by atoms with Crippen molar-refractivity contribution >= 4 is 0 Å². The highest BCUT2D eigenvalue weighted by molar-refractivity contribution is 5.14. The molecule has 1 aliphatic carbocycles. The number of rotatable bonds is 1. The van der Waals surface area contributed by atoms with Gasteiger partial charge in [0.05, 0.1) is 0 Å². The average molecular weight is 152 g/mol. The summed E-state index contributed by atoms with van der Waals surface area (Å²) in [5.74, 6) is 6.13. The van der Waals surface area contributed by atoms with E-state index in [9.17, 15) is 0 Å². The third kappa shape index (κ3) is 1.97.